The van der Waals surface area contributed by atoms with Crippen LogP contribution in [0.1, 0.15) is 0 Å². The monoisotopic (exact) mass is 298 g/mol. The number of halogens is 1. The van der Waals surface area contributed by atoms with E-state index in [0.29, 0.717) is 0 Å². The molecule has 0 saturated heterocycles. The van der Waals surface area contributed by atoms with Gasteiger partial charge in [0.1, 0.15) is 5.76 Å². The van der Waals surface area contributed by atoms with Gasteiger partial charge in [0, 0.05) is 5.56 Å². The van der Waals surface area contributed by atoms with E-state index in [1.54, 1.807) is 0 Å². The lowest BCUT2D eigenvalue weighted by molar-refractivity contribution is 0.556. The van der Waals surface area contributed by atoms with Crippen LogP contribution >= 0.6 is 15.9 Å². The van der Waals surface area contributed by atoms with Crippen molar-refractivity contribution >= 4 is 15.9 Å². The Bertz CT molecular complexity index is 638. The molecule has 2 heteroatoms. The first kappa shape index (κ1) is 11.3. The third kappa shape index (κ3) is 2.24. The van der Waals surface area contributed by atoms with Gasteiger partial charge in [-0.05, 0) is 39.2 Å². The van der Waals surface area contributed by atoms with Crippen molar-refractivity contribution in [1.82, 2.24) is 0 Å². The third-order valence-corrected chi connectivity index (χ3v) is 3.28. The van der Waals surface area contributed by atoms with Crippen LogP contribution in [-0.2, 0) is 0 Å². The molecule has 3 rings (SSSR count). The van der Waals surface area contributed by atoms with Crippen molar-refractivity contribution in [1.29, 1.82) is 0 Å². The molecule has 1 nitrogen and oxygen atoms in total. The lowest BCUT2D eigenvalue weighted by atomic mass is 10.0. The lowest BCUT2D eigenvalue weighted by Crippen LogP contribution is -1.78. The molecule has 0 aliphatic carbocycles. The first-order chi connectivity index (χ1) is 8.83. The van der Waals surface area contributed by atoms with Crippen molar-refractivity contribution in [2.24, 2.45) is 0 Å². The van der Waals surface area contributed by atoms with Gasteiger partial charge in [-0.2, -0.15) is 0 Å². The molecule has 0 unspecified atom stereocenters. The van der Waals surface area contributed by atoms with Crippen LogP contribution in [0.4, 0.5) is 0 Å². The number of hydrogen-bond donors (Lipinski definition) is 0. The molecule has 0 N–H and O–H groups in total. The Labute approximate surface area is 114 Å². The highest BCUT2D eigenvalue weighted by Crippen LogP contribution is 2.27. The van der Waals surface area contributed by atoms with Crippen molar-refractivity contribution in [2.75, 3.05) is 0 Å². The van der Waals surface area contributed by atoms with Crippen molar-refractivity contribution in [2.45, 2.75) is 0 Å². The minimum absolute atomic E-state index is 0.754. The lowest BCUT2D eigenvalue weighted by Gasteiger charge is -2.02. The van der Waals surface area contributed by atoms with Crippen LogP contribution in [0.5, 0.6) is 0 Å². The highest BCUT2D eigenvalue weighted by molar-refractivity contribution is 9.10. The van der Waals surface area contributed by atoms with Gasteiger partial charge in [0.05, 0.1) is 0 Å². The molecule has 88 valence electrons. The summed E-state index contributed by atoms with van der Waals surface area (Å²) in [7, 11) is 0. The Hall–Kier alpha value is -1.80. The van der Waals surface area contributed by atoms with Crippen LogP contribution < -0.4 is 0 Å². The Morgan fingerprint density at radius 1 is 0.611 bits per heavy atom. The van der Waals surface area contributed by atoms with E-state index in [1.807, 2.05) is 30.3 Å². The molecule has 0 aliphatic heterocycles. The van der Waals surface area contributed by atoms with Gasteiger partial charge in [-0.3, -0.25) is 0 Å². The largest absolute Gasteiger partial charge is 0.449 e. The highest BCUT2D eigenvalue weighted by atomic mass is 79.9. The Kier molecular flexibility index (Phi) is 3.03. The Morgan fingerprint density at radius 3 is 1.83 bits per heavy atom. The fourth-order valence-corrected chi connectivity index (χ4v) is 2.23. The van der Waals surface area contributed by atoms with Crippen LogP contribution in [0, 0.1) is 0 Å². The second kappa shape index (κ2) is 4.83. The fourth-order valence-electron chi connectivity index (χ4n) is 1.93. The van der Waals surface area contributed by atoms with Gasteiger partial charge in [-0.15, -0.1) is 0 Å². The zero-order chi connectivity index (χ0) is 12.4. The standard InChI is InChI=1S/C16H11BrO/c17-16-11-10-15(18-16)14-8-6-13(7-9-14)12-4-2-1-3-5-12/h1-11H. The van der Waals surface area contributed by atoms with Gasteiger partial charge in [0.2, 0.25) is 0 Å². The molecule has 0 aliphatic rings. The van der Waals surface area contributed by atoms with Gasteiger partial charge in [-0.1, -0.05) is 54.6 Å². The minimum atomic E-state index is 0.754. The van der Waals surface area contributed by atoms with Crippen molar-refractivity contribution < 1.29 is 4.42 Å². The van der Waals surface area contributed by atoms with Crippen molar-refractivity contribution in [3.05, 3.63) is 71.4 Å². The maximum atomic E-state index is 5.53. The second-order valence-corrected chi connectivity index (χ2v) is 4.83. The third-order valence-electron chi connectivity index (χ3n) is 2.85. The molecular formula is C16H11BrO. The summed E-state index contributed by atoms with van der Waals surface area (Å²) >= 11 is 3.31. The smallest absolute Gasteiger partial charge is 0.169 e. The van der Waals surface area contributed by atoms with E-state index in [9.17, 15) is 0 Å². The number of hydrogen-bond acceptors (Lipinski definition) is 1. The maximum absolute atomic E-state index is 5.53. The molecule has 3 aromatic rings. The van der Waals surface area contributed by atoms with E-state index in [2.05, 4.69) is 52.3 Å². The summed E-state index contributed by atoms with van der Waals surface area (Å²) in [6, 6.07) is 22.6. The average molecular weight is 299 g/mol. The molecule has 1 heterocycles. The zero-order valence-electron chi connectivity index (χ0n) is 9.64. The quantitative estimate of drug-likeness (QED) is 0.619. The van der Waals surface area contributed by atoms with Crippen LogP contribution in [0.15, 0.2) is 75.8 Å². The Morgan fingerprint density at radius 2 is 1.22 bits per heavy atom. The van der Waals surface area contributed by atoms with E-state index < -0.39 is 0 Å². The van der Waals surface area contributed by atoms with Crippen LogP contribution in [0.3, 0.4) is 0 Å². The zero-order valence-corrected chi connectivity index (χ0v) is 11.2. The summed E-state index contributed by atoms with van der Waals surface area (Å²) in [4.78, 5) is 0. The van der Waals surface area contributed by atoms with Crippen molar-refractivity contribution in [3.8, 4) is 22.5 Å². The summed E-state index contributed by atoms with van der Waals surface area (Å²) in [5, 5.41) is 0. The molecule has 2 aromatic carbocycles. The average Bonchev–Trinajstić information content (AvgIpc) is 2.87. The molecule has 1 aromatic heterocycles. The van der Waals surface area contributed by atoms with Gasteiger partial charge >= 0.3 is 0 Å². The Balaban J connectivity index is 1.94. The van der Waals surface area contributed by atoms with Gasteiger partial charge in [0.25, 0.3) is 0 Å². The van der Waals surface area contributed by atoms with Crippen LogP contribution in [0.25, 0.3) is 22.5 Å². The normalized spacial score (nSPS) is 10.5. The SMILES string of the molecule is Brc1ccc(-c2ccc(-c3ccccc3)cc2)o1. The predicted octanol–water partition coefficient (Wildman–Crippen LogP) is 5.38. The van der Waals surface area contributed by atoms with E-state index in [0.717, 1.165) is 16.0 Å². The summed E-state index contributed by atoms with van der Waals surface area (Å²) in [5.41, 5.74) is 3.52. The summed E-state index contributed by atoms with van der Waals surface area (Å²) < 4.78 is 6.29. The fraction of sp³-hybridized carbons (Fsp3) is 0. The van der Waals surface area contributed by atoms with E-state index in [4.69, 9.17) is 4.42 Å². The summed E-state index contributed by atoms with van der Waals surface area (Å²) in [5.74, 6) is 0.876. The minimum Gasteiger partial charge on any atom is -0.449 e. The molecule has 0 radical (unpaired) electrons. The maximum Gasteiger partial charge on any atom is 0.169 e. The van der Waals surface area contributed by atoms with E-state index >= 15 is 0 Å². The molecular weight excluding hydrogens is 288 g/mol. The highest BCUT2D eigenvalue weighted by Gasteiger charge is 2.03. The van der Waals surface area contributed by atoms with Gasteiger partial charge in [-0.25, -0.2) is 0 Å². The molecule has 0 spiro atoms. The number of furan rings is 1. The van der Waals surface area contributed by atoms with E-state index in [1.165, 1.54) is 11.1 Å². The summed E-state index contributed by atoms with van der Waals surface area (Å²) in [6.45, 7) is 0. The second-order valence-electron chi connectivity index (χ2n) is 4.05. The van der Waals surface area contributed by atoms with Gasteiger partial charge < -0.3 is 4.42 Å². The topological polar surface area (TPSA) is 13.1 Å². The molecule has 0 amide bonds. The van der Waals surface area contributed by atoms with Crippen LogP contribution in [0.2, 0.25) is 0 Å². The van der Waals surface area contributed by atoms with Crippen molar-refractivity contribution in [3.63, 3.8) is 0 Å². The number of benzene rings is 2. The van der Waals surface area contributed by atoms with Crippen LogP contribution in [-0.4, -0.2) is 0 Å². The molecule has 0 fully saturated rings. The predicted molar refractivity (Wildman–Crippen MR) is 77.3 cm³/mol. The van der Waals surface area contributed by atoms with Gasteiger partial charge in [0.15, 0.2) is 4.67 Å². The molecule has 0 bridgehead atoms. The first-order valence-corrected chi connectivity index (χ1v) is 6.53. The first-order valence-electron chi connectivity index (χ1n) is 5.74. The number of rotatable bonds is 2. The summed E-state index contributed by atoms with van der Waals surface area (Å²) in [6.07, 6.45) is 0. The van der Waals surface area contributed by atoms with E-state index in [-0.39, 0.29) is 0 Å². The molecule has 0 atom stereocenters. The molecule has 18 heavy (non-hydrogen) atoms. The molecule has 0 saturated carbocycles.